The van der Waals surface area contributed by atoms with Gasteiger partial charge in [-0.05, 0) is 24.1 Å². The lowest BCUT2D eigenvalue weighted by Crippen LogP contribution is -3.16. The molecule has 0 aliphatic carbocycles. The van der Waals surface area contributed by atoms with Crippen molar-refractivity contribution in [2.75, 3.05) is 37.7 Å². The molecule has 1 aromatic heterocycles. The van der Waals surface area contributed by atoms with Crippen LogP contribution in [0.2, 0.25) is 5.02 Å². The van der Waals surface area contributed by atoms with E-state index < -0.39 is 5.54 Å². The number of nitrogens with one attached hydrogen (secondary N) is 3. The number of carbonyl (C=O) groups excluding carboxylic acids is 2. The highest BCUT2D eigenvalue weighted by Crippen LogP contribution is 2.33. The smallest absolute Gasteiger partial charge is 0.329 e. The van der Waals surface area contributed by atoms with Crippen LogP contribution in [0.4, 0.5) is 10.5 Å². The third-order valence-corrected chi connectivity index (χ3v) is 6.18. The van der Waals surface area contributed by atoms with Crippen molar-refractivity contribution in [2.45, 2.75) is 18.9 Å². The van der Waals surface area contributed by atoms with Crippen molar-refractivity contribution >= 4 is 29.2 Å². The summed E-state index contributed by atoms with van der Waals surface area (Å²) in [5.41, 5.74) is 0.877. The summed E-state index contributed by atoms with van der Waals surface area (Å²) in [5.74, 6) is -0.194. The monoisotopic (exact) mass is 415 g/mol. The lowest BCUT2D eigenvalue weighted by Gasteiger charge is -2.34. The van der Waals surface area contributed by atoms with Gasteiger partial charge in [-0.2, -0.15) is 0 Å². The first-order chi connectivity index (χ1) is 14.0. The Morgan fingerprint density at radius 1 is 1.17 bits per heavy atom. The minimum Gasteiger partial charge on any atom is -0.360 e. The van der Waals surface area contributed by atoms with E-state index in [1.165, 1.54) is 15.5 Å². The fourth-order valence-electron chi connectivity index (χ4n) is 4.21. The molecule has 0 radical (unpaired) electrons. The SMILES string of the molecule is CC[C@]1(c2cccc(Cl)c2)NC(=O)N(C[NH+]2CCN(c3cc[nH+]cc3)CC2)C1=O. The number of nitrogens with zero attached hydrogens (tertiary/aromatic N) is 2. The molecule has 2 saturated heterocycles. The van der Waals surface area contributed by atoms with Gasteiger partial charge in [0.25, 0.3) is 5.91 Å². The zero-order valence-corrected chi connectivity index (χ0v) is 17.2. The van der Waals surface area contributed by atoms with Crippen molar-refractivity contribution in [1.82, 2.24) is 10.2 Å². The molecule has 4 rings (SSSR count). The van der Waals surface area contributed by atoms with E-state index in [1.807, 2.05) is 31.5 Å². The molecule has 1 atom stereocenters. The van der Waals surface area contributed by atoms with Gasteiger partial charge in [0.1, 0.15) is 5.54 Å². The number of piperazine rings is 1. The molecule has 2 aliphatic heterocycles. The number of imide groups is 1. The molecule has 2 fully saturated rings. The summed E-state index contributed by atoms with van der Waals surface area (Å²) in [7, 11) is 0. The highest BCUT2D eigenvalue weighted by molar-refractivity contribution is 6.30. The van der Waals surface area contributed by atoms with Crippen LogP contribution >= 0.6 is 11.6 Å². The molecule has 7 nitrogen and oxygen atoms in total. The zero-order chi connectivity index (χ0) is 20.4. The second-order valence-corrected chi connectivity index (χ2v) is 8.02. The first-order valence-electron chi connectivity index (χ1n) is 9.98. The molecule has 8 heteroatoms. The van der Waals surface area contributed by atoms with Crippen molar-refractivity contribution in [2.24, 2.45) is 0 Å². The van der Waals surface area contributed by atoms with E-state index in [0.29, 0.717) is 18.1 Å². The molecular weight excluding hydrogens is 390 g/mol. The summed E-state index contributed by atoms with van der Waals surface area (Å²) in [6.07, 6.45) is 4.31. The van der Waals surface area contributed by atoms with E-state index in [-0.39, 0.29) is 11.9 Å². The molecule has 0 bridgehead atoms. The maximum Gasteiger partial charge on any atom is 0.329 e. The molecule has 29 heavy (non-hydrogen) atoms. The summed E-state index contributed by atoms with van der Waals surface area (Å²) in [6, 6.07) is 11.0. The van der Waals surface area contributed by atoms with Crippen molar-refractivity contribution in [3.05, 3.63) is 59.4 Å². The number of aromatic amines is 1. The molecule has 1 aromatic carbocycles. The Labute approximate surface area is 175 Å². The first kappa shape index (κ1) is 19.7. The number of rotatable bonds is 5. The van der Waals surface area contributed by atoms with Gasteiger partial charge in [0.2, 0.25) is 0 Å². The number of urea groups is 1. The third kappa shape index (κ3) is 3.68. The normalized spacial score (nSPS) is 22.8. The minimum absolute atomic E-state index is 0.194. The molecule has 3 N–H and O–H groups in total. The van der Waals surface area contributed by atoms with Gasteiger partial charge >= 0.3 is 6.03 Å². The Morgan fingerprint density at radius 2 is 1.90 bits per heavy atom. The summed E-state index contributed by atoms with van der Waals surface area (Å²) in [6.45, 7) is 5.79. The molecule has 3 heterocycles. The topological polar surface area (TPSA) is 71.2 Å². The minimum atomic E-state index is -1.04. The fraction of sp³-hybridized carbons (Fsp3) is 0.381. The van der Waals surface area contributed by atoms with Crippen molar-refractivity contribution < 1.29 is 19.5 Å². The average molecular weight is 416 g/mol. The van der Waals surface area contributed by atoms with Crippen LogP contribution in [0.15, 0.2) is 48.8 Å². The maximum absolute atomic E-state index is 13.3. The number of anilines is 1. The predicted octanol–water partition coefficient (Wildman–Crippen LogP) is 0.674. The van der Waals surface area contributed by atoms with E-state index in [1.54, 1.807) is 12.1 Å². The first-order valence-corrected chi connectivity index (χ1v) is 10.4. The number of amides is 3. The number of hydrogen-bond donors (Lipinski definition) is 2. The van der Waals surface area contributed by atoms with E-state index in [0.717, 1.165) is 31.7 Å². The molecule has 152 valence electrons. The number of carbonyl (C=O) groups is 2. The summed E-state index contributed by atoms with van der Waals surface area (Å²) >= 11 is 6.13. The number of hydrogen-bond acceptors (Lipinski definition) is 3. The highest BCUT2D eigenvalue weighted by atomic mass is 35.5. The zero-order valence-electron chi connectivity index (χ0n) is 16.5. The van der Waals surface area contributed by atoms with Crippen LogP contribution in [0.1, 0.15) is 18.9 Å². The second kappa shape index (κ2) is 8.00. The van der Waals surface area contributed by atoms with Gasteiger partial charge in [-0.15, -0.1) is 0 Å². The highest BCUT2D eigenvalue weighted by Gasteiger charge is 2.52. The van der Waals surface area contributed by atoms with Crippen LogP contribution in [0, 0.1) is 0 Å². The largest absolute Gasteiger partial charge is 0.360 e. The number of pyridine rings is 1. The van der Waals surface area contributed by atoms with Crippen LogP contribution in [0.3, 0.4) is 0 Å². The summed E-state index contributed by atoms with van der Waals surface area (Å²) in [5, 5.41) is 3.49. The molecule has 2 aromatic rings. The molecule has 0 spiro atoms. The van der Waals surface area contributed by atoms with E-state index in [9.17, 15) is 9.59 Å². The number of aromatic nitrogens is 1. The van der Waals surface area contributed by atoms with Gasteiger partial charge in [-0.3, -0.25) is 4.79 Å². The Balaban J connectivity index is 1.45. The van der Waals surface area contributed by atoms with Gasteiger partial charge < -0.3 is 15.1 Å². The van der Waals surface area contributed by atoms with Crippen LogP contribution in [0.5, 0.6) is 0 Å². The lowest BCUT2D eigenvalue weighted by atomic mass is 9.87. The number of halogens is 1. The standard InChI is InChI=1S/C21H24ClN5O2/c1-2-21(16-4-3-5-17(22)14-16)19(28)27(20(29)24-21)15-25-10-12-26(13-11-25)18-6-8-23-9-7-18/h3-9,14H,2,10-13,15H2,1H3,(H,24,29)/p+2/t21-/m1/s1. The van der Waals surface area contributed by atoms with Crippen LogP contribution in [0.25, 0.3) is 0 Å². The van der Waals surface area contributed by atoms with E-state index in [4.69, 9.17) is 11.6 Å². The predicted molar refractivity (Wildman–Crippen MR) is 110 cm³/mol. The van der Waals surface area contributed by atoms with Crippen LogP contribution in [-0.2, 0) is 10.3 Å². The van der Waals surface area contributed by atoms with Crippen LogP contribution in [-0.4, -0.2) is 49.7 Å². The third-order valence-electron chi connectivity index (χ3n) is 5.94. The van der Waals surface area contributed by atoms with Crippen LogP contribution < -0.4 is 20.1 Å². The molecule has 2 aliphatic rings. The lowest BCUT2D eigenvalue weighted by molar-refractivity contribution is -0.907. The molecular formula is C21H26ClN5O2+2. The van der Waals surface area contributed by atoms with E-state index in [2.05, 4.69) is 27.3 Å². The Morgan fingerprint density at radius 3 is 2.55 bits per heavy atom. The van der Waals surface area contributed by atoms with Gasteiger partial charge in [-0.25, -0.2) is 14.7 Å². The quantitative estimate of drug-likeness (QED) is 0.705. The Kier molecular flexibility index (Phi) is 5.43. The van der Waals surface area contributed by atoms with Gasteiger partial charge in [-0.1, -0.05) is 30.7 Å². The fourth-order valence-corrected chi connectivity index (χ4v) is 4.41. The number of H-pyrrole nitrogens is 1. The second-order valence-electron chi connectivity index (χ2n) is 7.59. The van der Waals surface area contributed by atoms with Gasteiger partial charge in [0.05, 0.1) is 26.2 Å². The summed E-state index contributed by atoms with van der Waals surface area (Å²) < 4.78 is 0. The van der Waals surface area contributed by atoms with E-state index >= 15 is 0 Å². The number of quaternary nitrogens is 1. The molecule has 0 saturated carbocycles. The van der Waals surface area contributed by atoms with Gasteiger partial charge in [0, 0.05) is 22.8 Å². The van der Waals surface area contributed by atoms with Crippen molar-refractivity contribution in [3.63, 3.8) is 0 Å². The molecule has 3 amide bonds. The average Bonchev–Trinajstić information content (AvgIpc) is 3.00. The molecule has 0 unspecified atom stereocenters. The van der Waals surface area contributed by atoms with Crippen molar-refractivity contribution in [1.29, 1.82) is 0 Å². The Bertz CT molecular complexity index is 901. The maximum atomic E-state index is 13.3. The Hall–Kier alpha value is -2.64. The van der Waals surface area contributed by atoms with Crippen molar-refractivity contribution in [3.8, 4) is 0 Å². The number of benzene rings is 1. The van der Waals surface area contributed by atoms with Gasteiger partial charge in [0.15, 0.2) is 19.1 Å². The summed E-state index contributed by atoms with van der Waals surface area (Å²) in [4.78, 5) is 34.0.